The number of imidazole rings is 1. The van der Waals surface area contributed by atoms with Gasteiger partial charge in [0.1, 0.15) is 13.2 Å². The van der Waals surface area contributed by atoms with E-state index in [0.29, 0.717) is 35.9 Å². The summed E-state index contributed by atoms with van der Waals surface area (Å²) in [6.07, 6.45) is 3.74. The van der Waals surface area contributed by atoms with E-state index >= 15 is 0 Å². The highest BCUT2D eigenvalue weighted by Gasteiger charge is 2.27. The first-order valence-electron chi connectivity index (χ1n) is 9.68. The molecule has 1 saturated heterocycles. The molecule has 1 fully saturated rings. The summed E-state index contributed by atoms with van der Waals surface area (Å²) in [7, 11) is 0. The fourth-order valence-electron chi connectivity index (χ4n) is 3.73. The van der Waals surface area contributed by atoms with E-state index in [9.17, 15) is 9.59 Å². The first-order chi connectivity index (χ1) is 14.2. The summed E-state index contributed by atoms with van der Waals surface area (Å²) in [6.45, 7) is 2.42. The zero-order chi connectivity index (χ0) is 19.8. The first-order valence-corrected chi connectivity index (χ1v) is 9.68. The molecule has 148 valence electrons. The fourth-order valence-corrected chi connectivity index (χ4v) is 3.73. The Morgan fingerprint density at radius 3 is 2.62 bits per heavy atom. The van der Waals surface area contributed by atoms with Crippen molar-refractivity contribution >= 4 is 23.0 Å². The molecule has 8 heteroatoms. The number of hydrogen-bond donors (Lipinski definition) is 1. The van der Waals surface area contributed by atoms with Gasteiger partial charge < -0.3 is 19.7 Å². The van der Waals surface area contributed by atoms with Crippen LogP contribution in [0.4, 0.5) is 5.69 Å². The Balaban J connectivity index is 1.46. The van der Waals surface area contributed by atoms with E-state index < -0.39 is 0 Å². The van der Waals surface area contributed by atoms with Crippen molar-refractivity contribution in [2.75, 3.05) is 31.6 Å². The minimum atomic E-state index is -0.383. The number of nitrogens with one attached hydrogen (secondary N) is 1. The number of anilines is 1. The minimum absolute atomic E-state index is 0.151. The van der Waals surface area contributed by atoms with E-state index in [0.717, 1.165) is 25.9 Å². The molecular weight excluding hydrogens is 372 g/mol. The molecule has 0 atom stereocenters. The van der Waals surface area contributed by atoms with Gasteiger partial charge >= 0.3 is 0 Å². The fraction of sp³-hybridized carbons (Fsp3) is 0.286. The molecule has 2 aliphatic heterocycles. The van der Waals surface area contributed by atoms with Crippen LogP contribution >= 0.6 is 0 Å². The maximum absolute atomic E-state index is 13.0. The quantitative estimate of drug-likeness (QED) is 0.741. The van der Waals surface area contributed by atoms with Crippen molar-refractivity contribution < 1.29 is 19.1 Å². The third-order valence-corrected chi connectivity index (χ3v) is 5.15. The number of fused-ring (bicyclic) bond motifs is 2. The minimum Gasteiger partial charge on any atom is -0.486 e. The van der Waals surface area contributed by atoms with Gasteiger partial charge in [-0.15, -0.1) is 0 Å². The molecule has 0 aliphatic carbocycles. The number of rotatable bonds is 3. The number of nitrogens with zero attached hydrogens (tertiary/aromatic N) is 3. The molecule has 4 heterocycles. The van der Waals surface area contributed by atoms with E-state index in [1.54, 1.807) is 39.8 Å². The first kappa shape index (κ1) is 17.5. The summed E-state index contributed by atoms with van der Waals surface area (Å²) in [5.41, 5.74) is 1.37. The molecule has 1 aromatic carbocycles. The van der Waals surface area contributed by atoms with Crippen LogP contribution in [-0.4, -0.2) is 52.4 Å². The predicted molar refractivity (Wildman–Crippen MR) is 106 cm³/mol. The van der Waals surface area contributed by atoms with Crippen molar-refractivity contribution in [2.45, 2.75) is 12.8 Å². The van der Waals surface area contributed by atoms with Crippen LogP contribution < -0.4 is 14.8 Å². The van der Waals surface area contributed by atoms with Gasteiger partial charge in [-0.05, 0) is 37.1 Å². The number of amides is 2. The van der Waals surface area contributed by atoms with Gasteiger partial charge in [0.05, 0.1) is 5.52 Å². The Hall–Kier alpha value is -3.55. The van der Waals surface area contributed by atoms with Gasteiger partial charge in [-0.1, -0.05) is 6.07 Å². The summed E-state index contributed by atoms with van der Waals surface area (Å²) in [6, 6.07) is 10.7. The number of pyridine rings is 1. The second-order valence-corrected chi connectivity index (χ2v) is 7.05. The van der Waals surface area contributed by atoms with Crippen molar-refractivity contribution in [3.05, 3.63) is 54.1 Å². The second kappa shape index (κ2) is 7.12. The highest BCUT2D eigenvalue weighted by molar-refractivity contribution is 6.09. The molecule has 1 N–H and O–H groups in total. The van der Waals surface area contributed by atoms with Gasteiger partial charge in [-0.25, -0.2) is 4.98 Å². The Morgan fingerprint density at radius 2 is 1.79 bits per heavy atom. The summed E-state index contributed by atoms with van der Waals surface area (Å²) in [5, 5.41) is 2.85. The van der Waals surface area contributed by atoms with Crippen LogP contribution in [-0.2, 0) is 0 Å². The zero-order valence-electron chi connectivity index (χ0n) is 15.8. The number of carbonyl (C=O) groups is 2. The van der Waals surface area contributed by atoms with Crippen molar-refractivity contribution in [2.24, 2.45) is 0 Å². The predicted octanol–water partition coefficient (Wildman–Crippen LogP) is 2.59. The summed E-state index contributed by atoms with van der Waals surface area (Å²) >= 11 is 0. The maximum atomic E-state index is 13.0. The molecule has 5 rings (SSSR count). The second-order valence-electron chi connectivity index (χ2n) is 7.05. The van der Waals surface area contributed by atoms with Gasteiger partial charge in [0, 0.05) is 31.0 Å². The van der Waals surface area contributed by atoms with Gasteiger partial charge in [0.15, 0.2) is 17.2 Å². The molecule has 0 radical (unpaired) electrons. The Labute approximate surface area is 167 Å². The summed E-state index contributed by atoms with van der Waals surface area (Å²) in [4.78, 5) is 32.1. The molecule has 2 aromatic heterocycles. The van der Waals surface area contributed by atoms with Crippen LogP contribution in [0.15, 0.2) is 42.6 Å². The average molecular weight is 392 g/mol. The molecule has 2 aliphatic rings. The topological polar surface area (TPSA) is 85.2 Å². The van der Waals surface area contributed by atoms with Crippen LogP contribution in [0.2, 0.25) is 0 Å². The number of carbonyl (C=O) groups excluding carboxylic acids is 2. The number of hydrogen-bond acceptors (Lipinski definition) is 5. The Morgan fingerprint density at radius 1 is 1.00 bits per heavy atom. The highest BCUT2D eigenvalue weighted by Crippen LogP contribution is 2.32. The molecule has 0 unspecified atom stereocenters. The molecular formula is C21H20N4O4. The van der Waals surface area contributed by atoms with Crippen LogP contribution in [0.5, 0.6) is 11.5 Å². The van der Waals surface area contributed by atoms with E-state index in [4.69, 9.17) is 9.47 Å². The lowest BCUT2D eigenvalue weighted by molar-refractivity contribution is 0.0780. The van der Waals surface area contributed by atoms with E-state index in [2.05, 4.69) is 10.3 Å². The van der Waals surface area contributed by atoms with Crippen molar-refractivity contribution in [1.82, 2.24) is 14.3 Å². The van der Waals surface area contributed by atoms with Gasteiger partial charge in [0.25, 0.3) is 11.8 Å². The zero-order valence-corrected chi connectivity index (χ0v) is 15.8. The van der Waals surface area contributed by atoms with Crippen LogP contribution in [0.3, 0.4) is 0 Å². The lowest BCUT2D eigenvalue weighted by Gasteiger charge is -2.18. The average Bonchev–Trinajstić information content (AvgIpc) is 3.42. The van der Waals surface area contributed by atoms with Crippen molar-refractivity contribution in [1.29, 1.82) is 0 Å². The SMILES string of the molecule is O=C(Nc1ccc2c(c1)OCCO2)c1nc(C(=O)N2CCCC2)n2ccccc12. The van der Waals surface area contributed by atoms with Crippen molar-refractivity contribution in [3.8, 4) is 11.5 Å². The standard InChI is InChI=1S/C21H20N4O4/c26-20(22-14-6-7-16-17(13-14)29-12-11-28-16)18-15-5-1-2-10-25(15)19(23-18)21(27)24-8-3-4-9-24/h1-2,5-7,10,13H,3-4,8-9,11-12H2,(H,22,26). The van der Waals surface area contributed by atoms with E-state index in [1.165, 1.54) is 0 Å². The van der Waals surface area contributed by atoms with Gasteiger partial charge in [-0.3, -0.25) is 14.0 Å². The van der Waals surface area contributed by atoms with E-state index in [-0.39, 0.29) is 23.3 Å². The van der Waals surface area contributed by atoms with Gasteiger partial charge in [-0.2, -0.15) is 0 Å². The number of ether oxygens (including phenoxy) is 2. The highest BCUT2D eigenvalue weighted by atomic mass is 16.6. The molecule has 0 bridgehead atoms. The van der Waals surface area contributed by atoms with Gasteiger partial charge in [0.2, 0.25) is 5.82 Å². The largest absolute Gasteiger partial charge is 0.486 e. The number of aromatic nitrogens is 2. The normalized spacial score (nSPS) is 15.5. The number of benzene rings is 1. The Bertz CT molecular complexity index is 1100. The molecule has 2 amide bonds. The summed E-state index contributed by atoms with van der Waals surface area (Å²) in [5.74, 6) is 0.969. The monoisotopic (exact) mass is 392 g/mol. The lowest BCUT2D eigenvalue weighted by atomic mass is 10.2. The van der Waals surface area contributed by atoms with Crippen molar-refractivity contribution in [3.63, 3.8) is 0 Å². The molecule has 8 nitrogen and oxygen atoms in total. The third-order valence-electron chi connectivity index (χ3n) is 5.15. The molecule has 0 spiro atoms. The molecule has 0 saturated carbocycles. The summed E-state index contributed by atoms with van der Waals surface area (Å²) < 4.78 is 12.8. The van der Waals surface area contributed by atoms with Crippen LogP contribution in [0.25, 0.3) is 5.52 Å². The smallest absolute Gasteiger partial charge is 0.290 e. The maximum Gasteiger partial charge on any atom is 0.290 e. The van der Waals surface area contributed by atoms with Crippen LogP contribution in [0.1, 0.15) is 33.9 Å². The van der Waals surface area contributed by atoms with Crippen LogP contribution in [0, 0.1) is 0 Å². The molecule has 29 heavy (non-hydrogen) atoms. The molecule has 3 aromatic rings. The van der Waals surface area contributed by atoms with E-state index in [1.807, 2.05) is 12.1 Å². The third kappa shape index (κ3) is 3.16. The Kier molecular flexibility index (Phi) is 4.31. The lowest BCUT2D eigenvalue weighted by Crippen LogP contribution is -2.29. The number of likely N-dealkylation sites (tertiary alicyclic amines) is 1.